The highest BCUT2D eigenvalue weighted by Crippen LogP contribution is 2.23. The first kappa shape index (κ1) is 16.0. The summed E-state index contributed by atoms with van der Waals surface area (Å²) in [6.07, 6.45) is 0.236. The van der Waals surface area contributed by atoms with E-state index in [-0.39, 0.29) is 30.2 Å². The van der Waals surface area contributed by atoms with Gasteiger partial charge in [-0.1, -0.05) is 15.9 Å². The van der Waals surface area contributed by atoms with E-state index in [0.717, 1.165) is 0 Å². The molecule has 1 aromatic carbocycles. The molecule has 0 aliphatic heterocycles. The molecule has 0 heterocycles. The topological polar surface area (TPSA) is 90.6 Å². The minimum absolute atomic E-state index is 0.0133. The second-order valence-electron chi connectivity index (χ2n) is 3.96. The Kier molecular flexibility index (Phi) is 6.00. The number of nitrogens with zero attached hydrogens (tertiary/aromatic N) is 2. The van der Waals surface area contributed by atoms with Gasteiger partial charge in [0.2, 0.25) is 0 Å². The number of hydrogen-bond acceptors (Lipinski definition) is 4. The summed E-state index contributed by atoms with van der Waals surface area (Å²) in [5.74, 6) is -1.33. The molecule has 0 unspecified atom stereocenters. The van der Waals surface area contributed by atoms with E-state index < -0.39 is 5.97 Å². The lowest BCUT2D eigenvalue weighted by Crippen LogP contribution is -2.32. The van der Waals surface area contributed by atoms with Gasteiger partial charge in [0.15, 0.2) is 6.61 Å². The van der Waals surface area contributed by atoms with Crippen LogP contribution in [0, 0.1) is 11.3 Å². The van der Waals surface area contributed by atoms with E-state index in [0.29, 0.717) is 11.0 Å². The number of hydrogen-bond donors (Lipinski definition) is 1. The van der Waals surface area contributed by atoms with Gasteiger partial charge in [0.05, 0.1) is 12.5 Å². The molecule has 0 bridgehead atoms. The number of ether oxygens (including phenoxy) is 1. The SMILES string of the molecule is CN(CCC#N)C(=O)COc1cc(Br)ccc1C(=O)O. The number of benzene rings is 1. The molecule has 1 amide bonds. The Balaban J connectivity index is 2.70. The number of carbonyl (C=O) groups is 2. The van der Waals surface area contributed by atoms with Gasteiger partial charge in [0, 0.05) is 18.1 Å². The second-order valence-corrected chi connectivity index (χ2v) is 4.87. The van der Waals surface area contributed by atoms with Crippen LogP contribution in [0.15, 0.2) is 22.7 Å². The van der Waals surface area contributed by atoms with Crippen molar-refractivity contribution in [3.8, 4) is 11.8 Å². The van der Waals surface area contributed by atoms with Gasteiger partial charge < -0.3 is 14.7 Å². The highest BCUT2D eigenvalue weighted by Gasteiger charge is 2.14. The molecule has 0 atom stereocenters. The lowest BCUT2D eigenvalue weighted by atomic mass is 10.2. The fourth-order valence-electron chi connectivity index (χ4n) is 1.38. The first-order chi connectivity index (χ1) is 9.45. The summed E-state index contributed by atoms with van der Waals surface area (Å²) in [5, 5.41) is 17.5. The third-order valence-corrected chi connectivity index (χ3v) is 3.00. The summed E-state index contributed by atoms with van der Waals surface area (Å²) in [5.41, 5.74) is -0.0133. The molecule has 7 heteroatoms. The van der Waals surface area contributed by atoms with Crippen molar-refractivity contribution in [3.63, 3.8) is 0 Å². The molecule has 106 valence electrons. The highest BCUT2D eigenvalue weighted by atomic mass is 79.9. The maximum absolute atomic E-state index is 11.7. The van der Waals surface area contributed by atoms with Crippen molar-refractivity contribution in [2.45, 2.75) is 6.42 Å². The molecular weight excluding hydrogens is 328 g/mol. The van der Waals surface area contributed by atoms with E-state index in [4.69, 9.17) is 15.1 Å². The average Bonchev–Trinajstić information content (AvgIpc) is 2.41. The number of rotatable bonds is 6. The zero-order valence-corrected chi connectivity index (χ0v) is 12.4. The van der Waals surface area contributed by atoms with Crippen LogP contribution in [-0.4, -0.2) is 42.1 Å². The molecule has 1 aromatic rings. The van der Waals surface area contributed by atoms with Crippen molar-refractivity contribution in [2.75, 3.05) is 20.2 Å². The fourth-order valence-corrected chi connectivity index (χ4v) is 1.72. The highest BCUT2D eigenvalue weighted by molar-refractivity contribution is 9.10. The number of carbonyl (C=O) groups excluding carboxylic acids is 1. The van der Waals surface area contributed by atoms with Gasteiger partial charge in [-0.15, -0.1) is 0 Å². The molecule has 0 aromatic heterocycles. The molecule has 0 saturated heterocycles. The minimum Gasteiger partial charge on any atom is -0.483 e. The van der Waals surface area contributed by atoms with E-state index in [1.807, 2.05) is 6.07 Å². The molecule has 0 saturated carbocycles. The van der Waals surface area contributed by atoms with Crippen molar-refractivity contribution < 1.29 is 19.4 Å². The molecule has 0 spiro atoms. The van der Waals surface area contributed by atoms with Crippen LogP contribution in [0.2, 0.25) is 0 Å². The van der Waals surface area contributed by atoms with Crippen LogP contribution >= 0.6 is 15.9 Å². The van der Waals surface area contributed by atoms with Gasteiger partial charge in [-0.2, -0.15) is 5.26 Å². The summed E-state index contributed by atoms with van der Waals surface area (Å²) in [6.45, 7) is 0.0294. The standard InChI is InChI=1S/C13H13BrN2O4/c1-16(6-2-5-15)12(17)8-20-11-7-9(14)3-4-10(11)13(18)19/h3-4,7H,2,6,8H2,1H3,(H,18,19). The number of carboxylic acid groups (broad SMARTS) is 1. The van der Waals surface area contributed by atoms with E-state index >= 15 is 0 Å². The van der Waals surface area contributed by atoms with Gasteiger partial charge in [-0.3, -0.25) is 4.79 Å². The lowest BCUT2D eigenvalue weighted by Gasteiger charge is -2.16. The number of carboxylic acids is 1. The van der Waals surface area contributed by atoms with Gasteiger partial charge in [-0.05, 0) is 18.2 Å². The predicted molar refractivity (Wildman–Crippen MR) is 74.5 cm³/mol. The molecule has 0 aliphatic rings. The third kappa shape index (κ3) is 4.55. The van der Waals surface area contributed by atoms with E-state index in [9.17, 15) is 9.59 Å². The van der Waals surface area contributed by atoms with E-state index in [1.165, 1.54) is 17.0 Å². The normalized spacial score (nSPS) is 9.65. The van der Waals surface area contributed by atoms with Gasteiger partial charge in [0.1, 0.15) is 11.3 Å². The van der Waals surface area contributed by atoms with Crippen LogP contribution < -0.4 is 4.74 Å². The predicted octanol–water partition coefficient (Wildman–Crippen LogP) is 1.90. The monoisotopic (exact) mass is 340 g/mol. The Bertz CT molecular complexity index is 554. The average molecular weight is 341 g/mol. The summed E-state index contributed by atoms with van der Waals surface area (Å²) in [7, 11) is 1.56. The first-order valence-electron chi connectivity index (χ1n) is 5.72. The maximum Gasteiger partial charge on any atom is 0.339 e. The van der Waals surface area contributed by atoms with Crippen LogP contribution in [0.4, 0.5) is 0 Å². The Hall–Kier alpha value is -2.07. The number of likely N-dealkylation sites (N-methyl/N-ethyl adjacent to an activating group) is 1. The molecule has 0 radical (unpaired) electrons. The summed E-state index contributed by atoms with van der Waals surface area (Å²) in [6, 6.07) is 6.41. The Morgan fingerprint density at radius 1 is 1.50 bits per heavy atom. The minimum atomic E-state index is -1.13. The smallest absolute Gasteiger partial charge is 0.339 e. The molecule has 0 aliphatic carbocycles. The van der Waals surface area contributed by atoms with Crippen molar-refractivity contribution in [2.24, 2.45) is 0 Å². The molecule has 0 fully saturated rings. The lowest BCUT2D eigenvalue weighted by molar-refractivity contribution is -0.132. The van der Waals surface area contributed by atoms with E-state index in [1.54, 1.807) is 13.1 Å². The number of halogens is 1. The Labute approximate surface area is 124 Å². The summed E-state index contributed by atoms with van der Waals surface area (Å²) < 4.78 is 5.91. The van der Waals surface area contributed by atoms with Crippen LogP contribution in [0.25, 0.3) is 0 Å². The van der Waals surface area contributed by atoms with Crippen LogP contribution in [0.3, 0.4) is 0 Å². The Morgan fingerprint density at radius 2 is 2.20 bits per heavy atom. The van der Waals surface area contributed by atoms with Crippen LogP contribution in [0.1, 0.15) is 16.8 Å². The quantitative estimate of drug-likeness (QED) is 0.853. The van der Waals surface area contributed by atoms with Crippen molar-refractivity contribution >= 4 is 27.8 Å². The molecule has 1 rings (SSSR count). The number of aromatic carboxylic acids is 1. The van der Waals surface area contributed by atoms with Crippen LogP contribution in [0.5, 0.6) is 5.75 Å². The van der Waals surface area contributed by atoms with Crippen LogP contribution in [-0.2, 0) is 4.79 Å². The molecule has 20 heavy (non-hydrogen) atoms. The first-order valence-corrected chi connectivity index (χ1v) is 6.51. The van der Waals surface area contributed by atoms with Gasteiger partial charge in [0.25, 0.3) is 5.91 Å². The molecule has 1 N–H and O–H groups in total. The Morgan fingerprint density at radius 3 is 2.80 bits per heavy atom. The molecular formula is C13H13BrN2O4. The summed E-state index contributed by atoms with van der Waals surface area (Å²) in [4.78, 5) is 24.1. The van der Waals surface area contributed by atoms with Gasteiger partial charge >= 0.3 is 5.97 Å². The zero-order chi connectivity index (χ0) is 15.1. The second kappa shape index (κ2) is 7.50. The van der Waals surface area contributed by atoms with Gasteiger partial charge in [-0.25, -0.2) is 4.79 Å². The zero-order valence-electron chi connectivity index (χ0n) is 10.8. The fraction of sp³-hybridized carbons (Fsp3) is 0.308. The van der Waals surface area contributed by atoms with Crippen molar-refractivity contribution in [1.82, 2.24) is 4.90 Å². The number of amides is 1. The largest absolute Gasteiger partial charge is 0.483 e. The third-order valence-electron chi connectivity index (χ3n) is 2.51. The van der Waals surface area contributed by atoms with Crippen molar-refractivity contribution in [3.05, 3.63) is 28.2 Å². The van der Waals surface area contributed by atoms with Crippen molar-refractivity contribution in [1.29, 1.82) is 5.26 Å². The van der Waals surface area contributed by atoms with E-state index in [2.05, 4.69) is 15.9 Å². The maximum atomic E-state index is 11.7. The summed E-state index contributed by atoms with van der Waals surface area (Å²) >= 11 is 3.21. The number of nitriles is 1. The molecule has 6 nitrogen and oxygen atoms in total.